The number of aryl methyl sites for hydroxylation is 1. The number of likely N-dealkylation sites (tertiary alicyclic amines) is 1. The first-order valence-corrected chi connectivity index (χ1v) is 7.51. The van der Waals surface area contributed by atoms with Crippen LogP contribution in [0.4, 0.5) is 5.82 Å². The van der Waals surface area contributed by atoms with Gasteiger partial charge in [-0.15, -0.1) is 0 Å². The van der Waals surface area contributed by atoms with Crippen molar-refractivity contribution in [3.63, 3.8) is 0 Å². The zero-order valence-electron chi connectivity index (χ0n) is 13.1. The van der Waals surface area contributed by atoms with Crippen LogP contribution in [-0.4, -0.2) is 47.6 Å². The van der Waals surface area contributed by atoms with Crippen LogP contribution < -0.4 is 5.32 Å². The van der Waals surface area contributed by atoms with Crippen LogP contribution in [0.15, 0.2) is 6.07 Å². The fourth-order valence-corrected chi connectivity index (χ4v) is 2.67. The van der Waals surface area contributed by atoms with Crippen LogP contribution in [0.5, 0.6) is 0 Å². The second-order valence-corrected chi connectivity index (χ2v) is 5.41. The summed E-state index contributed by atoms with van der Waals surface area (Å²) in [5.41, 5.74) is 0.973. The minimum absolute atomic E-state index is 0.0435. The lowest BCUT2D eigenvalue weighted by Gasteiger charge is -2.30. The van der Waals surface area contributed by atoms with E-state index in [1.165, 1.54) is 7.11 Å². The van der Waals surface area contributed by atoms with Crippen LogP contribution in [0.1, 0.15) is 31.3 Å². The standard InChI is InChI=1S/C15H24N4O2/c1-4-16-13-9-11(2)17-14(18-13)10-19-7-5-12(6-8-19)15(20)21-3/h9,12H,4-8,10H2,1-3H3,(H,16,17,18). The number of ether oxygens (including phenoxy) is 1. The molecule has 0 amide bonds. The SMILES string of the molecule is CCNc1cc(C)nc(CN2CCC(C(=O)OC)CC2)n1. The van der Waals surface area contributed by atoms with E-state index in [1.807, 2.05) is 13.0 Å². The van der Waals surface area contributed by atoms with Crippen LogP contribution in [0, 0.1) is 12.8 Å². The number of rotatable bonds is 5. The largest absolute Gasteiger partial charge is 0.469 e. The quantitative estimate of drug-likeness (QED) is 0.832. The summed E-state index contributed by atoms with van der Waals surface area (Å²) in [7, 11) is 1.46. The van der Waals surface area contributed by atoms with Gasteiger partial charge in [-0.2, -0.15) is 0 Å². The number of piperidine rings is 1. The molecule has 6 nitrogen and oxygen atoms in total. The molecule has 1 aromatic rings. The van der Waals surface area contributed by atoms with Crippen molar-refractivity contribution < 1.29 is 9.53 Å². The Morgan fingerprint density at radius 3 is 2.76 bits per heavy atom. The third-order valence-electron chi connectivity index (χ3n) is 3.75. The van der Waals surface area contributed by atoms with Crippen LogP contribution in [0.25, 0.3) is 0 Å². The predicted octanol–water partition coefficient (Wildman–Crippen LogP) is 1.60. The molecule has 0 unspecified atom stereocenters. The molecule has 0 atom stereocenters. The molecule has 1 aliphatic rings. The highest BCUT2D eigenvalue weighted by Crippen LogP contribution is 2.19. The molecular formula is C15H24N4O2. The van der Waals surface area contributed by atoms with Gasteiger partial charge in [0.15, 0.2) is 0 Å². The van der Waals surface area contributed by atoms with Crippen LogP contribution >= 0.6 is 0 Å². The number of methoxy groups -OCH3 is 1. The summed E-state index contributed by atoms with van der Waals surface area (Å²) in [5, 5.41) is 3.22. The van der Waals surface area contributed by atoms with Crippen molar-refractivity contribution >= 4 is 11.8 Å². The fourth-order valence-electron chi connectivity index (χ4n) is 2.67. The molecule has 1 N–H and O–H groups in total. The van der Waals surface area contributed by atoms with Crippen molar-refractivity contribution in [2.24, 2.45) is 5.92 Å². The highest BCUT2D eigenvalue weighted by atomic mass is 16.5. The van der Waals surface area contributed by atoms with Crippen molar-refractivity contribution in [3.05, 3.63) is 17.6 Å². The summed E-state index contributed by atoms with van der Waals surface area (Å²) < 4.78 is 4.81. The Hall–Kier alpha value is -1.69. The van der Waals surface area contributed by atoms with Gasteiger partial charge in [-0.25, -0.2) is 9.97 Å². The minimum atomic E-state index is -0.0871. The molecule has 21 heavy (non-hydrogen) atoms. The number of carbonyl (C=O) groups excluding carboxylic acids is 1. The van der Waals surface area contributed by atoms with Gasteiger partial charge in [-0.3, -0.25) is 9.69 Å². The second kappa shape index (κ2) is 7.36. The number of carbonyl (C=O) groups is 1. The van der Waals surface area contributed by atoms with E-state index >= 15 is 0 Å². The molecule has 2 heterocycles. The zero-order chi connectivity index (χ0) is 15.2. The fraction of sp³-hybridized carbons (Fsp3) is 0.667. The molecule has 0 spiro atoms. The van der Waals surface area contributed by atoms with Crippen LogP contribution in [0.2, 0.25) is 0 Å². The highest BCUT2D eigenvalue weighted by Gasteiger charge is 2.25. The maximum atomic E-state index is 11.5. The summed E-state index contributed by atoms with van der Waals surface area (Å²) >= 11 is 0. The van der Waals surface area contributed by atoms with Gasteiger partial charge in [-0.05, 0) is 39.8 Å². The van der Waals surface area contributed by atoms with Gasteiger partial charge in [0.05, 0.1) is 19.6 Å². The Kier molecular flexibility index (Phi) is 5.50. The first kappa shape index (κ1) is 15.7. The third-order valence-corrected chi connectivity index (χ3v) is 3.75. The van der Waals surface area contributed by atoms with Crippen LogP contribution in [-0.2, 0) is 16.1 Å². The van der Waals surface area contributed by atoms with Gasteiger partial charge in [-0.1, -0.05) is 0 Å². The molecule has 1 saturated heterocycles. The zero-order valence-corrected chi connectivity index (χ0v) is 13.1. The Morgan fingerprint density at radius 2 is 2.14 bits per heavy atom. The maximum absolute atomic E-state index is 11.5. The smallest absolute Gasteiger partial charge is 0.308 e. The Labute approximate surface area is 125 Å². The Balaban J connectivity index is 1.92. The van der Waals surface area contributed by atoms with E-state index in [0.717, 1.165) is 56.4 Å². The van der Waals surface area contributed by atoms with Gasteiger partial charge in [0, 0.05) is 18.3 Å². The molecule has 1 aromatic heterocycles. The molecule has 1 fully saturated rings. The summed E-state index contributed by atoms with van der Waals surface area (Å²) in [6, 6.07) is 1.95. The third kappa shape index (κ3) is 4.39. The number of nitrogens with one attached hydrogen (secondary N) is 1. The van der Waals surface area contributed by atoms with E-state index < -0.39 is 0 Å². The lowest BCUT2D eigenvalue weighted by Crippen LogP contribution is -2.36. The summed E-state index contributed by atoms with van der Waals surface area (Å²) in [4.78, 5) is 22.8. The number of nitrogens with zero attached hydrogens (tertiary/aromatic N) is 3. The van der Waals surface area contributed by atoms with E-state index in [-0.39, 0.29) is 11.9 Å². The first-order valence-electron chi connectivity index (χ1n) is 7.51. The molecule has 2 rings (SSSR count). The maximum Gasteiger partial charge on any atom is 0.308 e. The van der Waals surface area contributed by atoms with Gasteiger partial charge in [0.1, 0.15) is 11.6 Å². The predicted molar refractivity (Wildman–Crippen MR) is 80.9 cm³/mol. The molecule has 0 radical (unpaired) electrons. The minimum Gasteiger partial charge on any atom is -0.469 e. The Bertz CT molecular complexity index is 485. The summed E-state index contributed by atoms with van der Waals surface area (Å²) in [5.74, 6) is 1.67. The van der Waals surface area contributed by atoms with E-state index in [0.29, 0.717) is 0 Å². The van der Waals surface area contributed by atoms with E-state index in [1.54, 1.807) is 0 Å². The molecule has 0 bridgehead atoms. The molecule has 0 saturated carbocycles. The molecule has 6 heteroatoms. The van der Waals surface area contributed by atoms with Gasteiger partial charge in [0.25, 0.3) is 0 Å². The van der Waals surface area contributed by atoms with Crippen molar-refractivity contribution in [3.8, 4) is 0 Å². The molecule has 1 aliphatic heterocycles. The van der Waals surface area contributed by atoms with Crippen molar-refractivity contribution in [1.82, 2.24) is 14.9 Å². The monoisotopic (exact) mass is 292 g/mol. The van der Waals surface area contributed by atoms with Crippen molar-refractivity contribution in [1.29, 1.82) is 0 Å². The lowest BCUT2D eigenvalue weighted by molar-refractivity contribution is -0.147. The van der Waals surface area contributed by atoms with Crippen molar-refractivity contribution in [2.75, 3.05) is 32.1 Å². The van der Waals surface area contributed by atoms with E-state index in [4.69, 9.17) is 4.74 Å². The second-order valence-electron chi connectivity index (χ2n) is 5.41. The summed E-state index contributed by atoms with van der Waals surface area (Å²) in [6.45, 7) is 7.37. The average Bonchev–Trinajstić information content (AvgIpc) is 2.47. The number of hydrogen-bond acceptors (Lipinski definition) is 6. The van der Waals surface area contributed by atoms with Crippen LogP contribution in [0.3, 0.4) is 0 Å². The topological polar surface area (TPSA) is 67.4 Å². The first-order chi connectivity index (χ1) is 10.1. The number of aromatic nitrogens is 2. The van der Waals surface area contributed by atoms with Crippen molar-refractivity contribution in [2.45, 2.75) is 33.2 Å². The van der Waals surface area contributed by atoms with E-state index in [2.05, 4.69) is 27.1 Å². The highest BCUT2D eigenvalue weighted by molar-refractivity contribution is 5.72. The van der Waals surface area contributed by atoms with Gasteiger partial charge >= 0.3 is 5.97 Å². The van der Waals surface area contributed by atoms with Gasteiger partial charge in [0.2, 0.25) is 0 Å². The molecule has 0 aliphatic carbocycles. The average molecular weight is 292 g/mol. The van der Waals surface area contributed by atoms with Gasteiger partial charge < -0.3 is 10.1 Å². The number of esters is 1. The normalized spacial score (nSPS) is 16.7. The molecular weight excluding hydrogens is 268 g/mol. The molecule has 0 aromatic carbocycles. The lowest BCUT2D eigenvalue weighted by atomic mass is 9.97. The number of anilines is 1. The molecule has 116 valence electrons. The number of hydrogen-bond donors (Lipinski definition) is 1. The Morgan fingerprint density at radius 1 is 1.43 bits per heavy atom. The summed E-state index contributed by atoms with van der Waals surface area (Å²) in [6.07, 6.45) is 1.69. The van der Waals surface area contributed by atoms with E-state index in [9.17, 15) is 4.79 Å².